The van der Waals surface area contributed by atoms with Crippen molar-refractivity contribution in [1.29, 1.82) is 0 Å². The third-order valence-corrected chi connectivity index (χ3v) is 1.90. The molecule has 1 aromatic carbocycles. The molecule has 1 rings (SSSR count). The van der Waals surface area contributed by atoms with Crippen LogP contribution in [0.15, 0.2) is 24.3 Å². The molecule has 1 nitrogen and oxygen atoms in total. The van der Waals surface area contributed by atoms with Crippen molar-refractivity contribution in [3.05, 3.63) is 35.6 Å². The van der Waals surface area contributed by atoms with E-state index in [1.165, 1.54) is 6.07 Å². The van der Waals surface area contributed by atoms with Gasteiger partial charge in [-0.2, -0.15) is 0 Å². The maximum atomic E-state index is 12.4. The second-order valence-electron chi connectivity index (χ2n) is 3.44. The second kappa shape index (κ2) is 8.16. The highest BCUT2D eigenvalue weighted by molar-refractivity contribution is 5.75. The zero-order chi connectivity index (χ0) is 11.7. The number of Topliss-reactive ketones (excluding diaryl/α,β-unsaturated/α-hetero) is 1. The summed E-state index contributed by atoms with van der Waals surface area (Å²) in [4.78, 5) is 10.0. The standard InChI is InChI=1S/C8H9F.C5H10O/c1-2-7-4-3-5-8(9)6-7;1-3-4-5(2)6/h3-6H,2H2,1H3;3-4H2,1-2H3. The molecule has 0 saturated carbocycles. The average molecular weight is 210 g/mol. The van der Waals surface area contributed by atoms with Crippen molar-refractivity contribution in [2.24, 2.45) is 0 Å². The van der Waals surface area contributed by atoms with E-state index in [2.05, 4.69) is 0 Å². The molecule has 0 saturated heterocycles. The van der Waals surface area contributed by atoms with E-state index in [0.717, 1.165) is 24.8 Å². The topological polar surface area (TPSA) is 17.1 Å². The number of hydrogen-bond donors (Lipinski definition) is 0. The van der Waals surface area contributed by atoms with Gasteiger partial charge >= 0.3 is 0 Å². The van der Waals surface area contributed by atoms with Gasteiger partial charge in [0.2, 0.25) is 0 Å². The van der Waals surface area contributed by atoms with E-state index >= 15 is 0 Å². The summed E-state index contributed by atoms with van der Waals surface area (Å²) in [5.74, 6) is 0.145. The Morgan fingerprint density at radius 1 is 1.33 bits per heavy atom. The third kappa shape index (κ3) is 7.86. The Hall–Kier alpha value is -1.18. The zero-order valence-corrected chi connectivity index (χ0v) is 9.72. The molecule has 84 valence electrons. The first-order chi connectivity index (χ1) is 7.10. The van der Waals surface area contributed by atoms with Crippen LogP contribution in [0, 0.1) is 5.82 Å². The lowest BCUT2D eigenvalue weighted by atomic mass is 10.2. The molecule has 0 bridgehead atoms. The van der Waals surface area contributed by atoms with Gasteiger partial charge in [0.1, 0.15) is 11.6 Å². The van der Waals surface area contributed by atoms with Crippen LogP contribution in [0.5, 0.6) is 0 Å². The highest BCUT2D eigenvalue weighted by atomic mass is 19.1. The van der Waals surface area contributed by atoms with Gasteiger partial charge in [-0.25, -0.2) is 4.39 Å². The summed E-state index contributed by atoms with van der Waals surface area (Å²) in [5, 5.41) is 0. The number of ketones is 1. The van der Waals surface area contributed by atoms with Crippen molar-refractivity contribution in [2.75, 3.05) is 0 Å². The molecule has 0 unspecified atom stereocenters. The summed E-state index contributed by atoms with van der Waals surface area (Å²) in [6, 6.07) is 6.66. The van der Waals surface area contributed by atoms with Crippen LogP contribution in [0.1, 0.15) is 39.2 Å². The van der Waals surface area contributed by atoms with Gasteiger partial charge in [-0.15, -0.1) is 0 Å². The number of hydrogen-bond acceptors (Lipinski definition) is 1. The summed E-state index contributed by atoms with van der Waals surface area (Å²) in [7, 11) is 0. The van der Waals surface area contributed by atoms with E-state index in [1.807, 2.05) is 19.9 Å². The van der Waals surface area contributed by atoms with Crippen molar-refractivity contribution < 1.29 is 9.18 Å². The molecule has 0 amide bonds. The van der Waals surface area contributed by atoms with Crippen molar-refractivity contribution >= 4 is 5.78 Å². The first kappa shape index (κ1) is 13.8. The molecule has 15 heavy (non-hydrogen) atoms. The Bertz CT molecular complexity index is 294. The molecule has 0 aromatic heterocycles. The largest absolute Gasteiger partial charge is 0.300 e. The van der Waals surface area contributed by atoms with E-state index in [-0.39, 0.29) is 11.6 Å². The Kier molecular flexibility index (Phi) is 7.51. The summed E-state index contributed by atoms with van der Waals surface area (Å²) < 4.78 is 12.4. The van der Waals surface area contributed by atoms with E-state index < -0.39 is 0 Å². The summed E-state index contributed by atoms with van der Waals surface area (Å²) in [6.07, 6.45) is 2.62. The molecular weight excluding hydrogens is 191 g/mol. The van der Waals surface area contributed by atoms with Crippen LogP contribution in [-0.2, 0) is 11.2 Å². The van der Waals surface area contributed by atoms with Gasteiger partial charge in [-0.1, -0.05) is 26.0 Å². The maximum absolute atomic E-state index is 12.4. The highest BCUT2D eigenvalue weighted by Crippen LogP contribution is 2.02. The van der Waals surface area contributed by atoms with Gasteiger partial charge in [0.15, 0.2) is 0 Å². The van der Waals surface area contributed by atoms with E-state index in [9.17, 15) is 9.18 Å². The number of rotatable bonds is 3. The number of carbonyl (C=O) groups excluding carboxylic acids is 1. The molecule has 0 aliphatic rings. The quantitative estimate of drug-likeness (QED) is 0.742. The monoisotopic (exact) mass is 210 g/mol. The lowest BCUT2D eigenvalue weighted by Crippen LogP contribution is -1.84. The number of carbonyl (C=O) groups is 1. The summed E-state index contributed by atoms with van der Waals surface area (Å²) in [5.41, 5.74) is 1.05. The SMILES string of the molecule is CCCC(C)=O.CCc1cccc(F)c1. The van der Waals surface area contributed by atoms with Crippen molar-refractivity contribution in [1.82, 2.24) is 0 Å². The molecule has 0 aliphatic heterocycles. The predicted octanol–water partition coefficient (Wildman–Crippen LogP) is 3.76. The normalized spacial score (nSPS) is 9.07. The fourth-order valence-electron chi connectivity index (χ4n) is 1.11. The minimum absolute atomic E-state index is 0.144. The van der Waals surface area contributed by atoms with Gasteiger partial charge in [0.25, 0.3) is 0 Å². The molecule has 1 aromatic rings. The molecular formula is C13H19FO. The minimum Gasteiger partial charge on any atom is -0.300 e. The van der Waals surface area contributed by atoms with Crippen LogP contribution in [0.2, 0.25) is 0 Å². The number of halogens is 1. The lowest BCUT2D eigenvalue weighted by Gasteiger charge is -1.92. The van der Waals surface area contributed by atoms with Gasteiger partial charge in [-0.05, 0) is 37.5 Å². The van der Waals surface area contributed by atoms with Crippen LogP contribution in [0.3, 0.4) is 0 Å². The number of aryl methyl sites for hydroxylation is 1. The van der Waals surface area contributed by atoms with E-state index in [0.29, 0.717) is 0 Å². The molecule has 2 heteroatoms. The van der Waals surface area contributed by atoms with Crippen molar-refractivity contribution in [3.63, 3.8) is 0 Å². The lowest BCUT2D eigenvalue weighted by molar-refractivity contribution is -0.117. The predicted molar refractivity (Wildman–Crippen MR) is 61.4 cm³/mol. The van der Waals surface area contributed by atoms with E-state index in [4.69, 9.17) is 0 Å². The van der Waals surface area contributed by atoms with Crippen LogP contribution in [0.25, 0.3) is 0 Å². The highest BCUT2D eigenvalue weighted by Gasteiger charge is 1.89. The minimum atomic E-state index is -0.144. The van der Waals surface area contributed by atoms with Gasteiger partial charge < -0.3 is 4.79 Å². The Balaban J connectivity index is 0.000000288. The first-order valence-corrected chi connectivity index (χ1v) is 5.34. The maximum Gasteiger partial charge on any atom is 0.129 e. The van der Waals surface area contributed by atoms with Crippen molar-refractivity contribution in [2.45, 2.75) is 40.0 Å². The van der Waals surface area contributed by atoms with Gasteiger partial charge in [0, 0.05) is 6.42 Å². The number of benzene rings is 1. The van der Waals surface area contributed by atoms with E-state index in [1.54, 1.807) is 19.1 Å². The second-order valence-corrected chi connectivity index (χ2v) is 3.44. The van der Waals surface area contributed by atoms with Crippen LogP contribution in [-0.4, -0.2) is 5.78 Å². The van der Waals surface area contributed by atoms with Crippen LogP contribution in [0.4, 0.5) is 4.39 Å². The molecule has 0 heterocycles. The Morgan fingerprint density at radius 3 is 2.27 bits per heavy atom. The molecule has 0 radical (unpaired) electrons. The first-order valence-electron chi connectivity index (χ1n) is 5.34. The fraction of sp³-hybridized carbons (Fsp3) is 0.462. The molecule has 0 atom stereocenters. The summed E-state index contributed by atoms with van der Waals surface area (Å²) in [6.45, 7) is 5.62. The molecule has 0 N–H and O–H groups in total. The molecule has 0 spiro atoms. The van der Waals surface area contributed by atoms with Gasteiger partial charge in [-0.3, -0.25) is 0 Å². The fourth-order valence-corrected chi connectivity index (χ4v) is 1.11. The molecule has 0 aliphatic carbocycles. The van der Waals surface area contributed by atoms with Crippen molar-refractivity contribution in [3.8, 4) is 0 Å². The van der Waals surface area contributed by atoms with Crippen LogP contribution >= 0.6 is 0 Å². The Morgan fingerprint density at radius 2 is 2.00 bits per heavy atom. The zero-order valence-electron chi connectivity index (χ0n) is 9.72. The molecule has 0 fully saturated rings. The van der Waals surface area contributed by atoms with Gasteiger partial charge in [0.05, 0.1) is 0 Å². The Labute approximate surface area is 91.3 Å². The van der Waals surface area contributed by atoms with Crippen LogP contribution < -0.4 is 0 Å². The third-order valence-electron chi connectivity index (χ3n) is 1.90. The summed E-state index contributed by atoms with van der Waals surface area (Å²) >= 11 is 0. The smallest absolute Gasteiger partial charge is 0.129 e. The average Bonchev–Trinajstić information content (AvgIpc) is 2.18.